The van der Waals surface area contributed by atoms with E-state index in [9.17, 15) is 9.59 Å². The van der Waals surface area contributed by atoms with E-state index in [0.29, 0.717) is 41.5 Å². The molecule has 0 bridgehead atoms. The lowest BCUT2D eigenvalue weighted by molar-refractivity contribution is -0.116. The molecule has 0 radical (unpaired) electrons. The van der Waals surface area contributed by atoms with Crippen LogP contribution in [-0.2, 0) is 9.59 Å². The van der Waals surface area contributed by atoms with Crippen molar-refractivity contribution >= 4 is 35.2 Å². The van der Waals surface area contributed by atoms with Gasteiger partial charge in [0.05, 0.1) is 35.2 Å². The number of nitrogens with two attached hydrogens (primary N) is 1. The zero-order chi connectivity index (χ0) is 21.5. The van der Waals surface area contributed by atoms with Crippen LogP contribution in [0.3, 0.4) is 0 Å². The molecule has 3 rings (SSSR count). The molecule has 0 aliphatic heterocycles. The highest BCUT2D eigenvalue weighted by molar-refractivity contribution is 5.92. The molecule has 0 unspecified atom stereocenters. The number of rotatable bonds is 8. The Balaban J connectivity index is 1.63. The third kappa shape index (κ3) is 5.07. The third-order valence-electron chi connectivity index (χ3n) is 4.52. The summed E-state index contributed by atoms with van der Waals surface area (Å²) in [5, 5.41) is 5.51. The highest BCUT2D eigenvalue weighted by atomic mass is 16.1. The van der Waals surface area contributed by atoms with Crippen molar-refractivity contribution in [2.75, 3.05) is 34.9 Å². The van der Waals surface area contributed by atoms with Gasteiger partial charge in [-0.15, -0.1) is 0 Å². The van der Waals surface area contributed by atoms with E-state index in [0.717, 1.165) is 11.3 Å². The van der Waals surface area contributed by atoms with Gasteiger partial charge in [-0.1, -0.05) is 12.1 Å². The SMILES string of the molecule is Cc1nc(-c2cccc(NC(=O)CCN(C)c3ccncc3NC=O)c2)cnc1N. The van der Waals surface area contributed by atoms with E-state index >= 15 is 0 Å². The van der Waals surface area contributed by atoms with Gasteiger partial charge in [0.1, 0.15) is 5.82 Å². The number of carbonyl (C=O) groups is 2. The quantitative estimate of drug-likeness (QED) is 0.491. The molecule has 2 aromatic heterocycles. The third-order valence-corrected chi connectivity index (χ3v) is 4.52. The maximum Gasteiger partial charge on any atom is 0.226 e. The standard InChI is InChI=1S/C21H23N7O2/c1-14-21(22)24-12-17(26-14)15-4-3-5-16(10-15)27-20(30)7-9-28(2)19-6-8-23-11-18(19)25-13-29/h3-6,8,10-13H,7,9H2,1-2H3,(H2,22,24)(H,25,29)(H,27,30). The molecule has 0 spiro atoms. The second-order valence-corrected chi connectivity index (χ2v) is 6.68. The lowest BCUT2D eigenvalue weighted by Crippen LogP contribution is -2.24. The first kappa shape index (κ1) is 20.7. The van der Waals surface area contributed by atoms with E-state index in [2.05, 4.69) is 25.6 Å². The smallest absolute Gasteiger partial charge is 0.226 e. The molecule has 1 aromatic carbocycles. The first-order valence-electron chi connectivity index (χ1n) is 9.32. The normalized spacial score (nSPS) is 10.3. The average Bonchev–Trinajstić information content (AvgIpc) is 2.75. The molecule has 0 aliphatic rings. The van der Waals surface area contributed by atoms with Gasteiger partial charge in [-0.25, -0.2) is 9.97 Å². The van der Waals surface area contributed by atoms with E-state index in [4.69, 9.17) is 5.73 Å². The summed E-state index contributed by atoms with van der Waals surface area (Å²) in [6.45, 7) is 2.26. The average molecular weight is 405 g/mol. The van der Waals surface area contributed by atoms with Crippen molar-refractivity contribution in [1.82, 2.24) is 15.0 Å². The topological polar surface area (TPSA) is 126 Å². The maximum atomic E-state index is 12.4. The van der Waals surface area contributed by atoms with Crippen LogP contribution in [0.2, 0.25) is 0 Å². The molecule has 4 N–H and O–H groups in total. The van der Waals surface area contributed by atoms with E-state index in [1.807, 2.05) is 36.2 Å². The second-order valence-electron chi connectivity index (χ2n) is 6.68. The predicted octanol–water partition coefficient (Wildman–Crippen LogP) is 2.46. The van der Waals surface area contributed by atoms with Gasteiger partial charge >= 0.3 is 0 Å². The van der Waals surface area contributed by atoms with Crippen LogP contribution < -0.4 is 21.3 Å². The molecule has 154 valence electrons. The minimum atomic E-state index is -0.127. The maximum absolute atomic E-state index is 12.4. The van der Waals surface area contributed by atoms with Crippen LogP contribution in [0.15, 0.2) is 48.9 Å². The number of amides is 2. The number of carbonyl (C=O) groups excluding carboxylic acids is 2. The molecule has 0 fully saturated rings. The van der Waals surface area contributed by atoms with Crippen LogP contribution >= 0.6 is 0 Å². The summed E-state index contributed by atoms with van der Waals surface area (Å²) >= 11 is 0. The van der Waals surface area contributed by atoms with Crippen LogP contribution in [0.25, 0.3) is 11.3 Å². The Morgan fingerprint density at radius 1 is 1.27 bits per heavy atom. The molecule has 2 amide bonds. The fourth-order valence-corrected chi connectivity index (χ4v) is 2.89. The van der Waals surface area contributed by atoms with Gasteiger partial charge in [0, 0.05) is 37.5 Å². The van der Waals surface area contributed by atoms with Crippen LogP contribution in [0.5, 0.6) is 0 Å². The van der Waals surface area contributed by atoms with Gasteiger partial charge < -0.3 is 21.3 Å². The Morgan fingerprint density at radius 2 is 2.10 bits per heavy atom. The van der Waals surface area contributed by atoms with Gasteiger partial charge in [0.15, 0.2) is 0 Å². The summed E-state index contributed by atoms with van der Waals surface area (Å²) < 4.78 is 0. The molecular formula is C21H23N7O2. The van der Waals surface area contributed by atoms with Crippen LogP contribution in [0, 0.1) is 6.92 Å². The Kier molecular flexibility index (Phi) is 6.53. The van der Waals surface area contributed by atoms with Crippen molar-refractivity contribution < 1.29 is 9.59 Å². The lowest BCUT2D eigenvalue weighted by atomic mass is 10.1. The molecule has 9 nitrogen and oxygen atoms in total. The van der Waals surface area contributed by atoms with Gasteiger partial charge in [0.2, 0.25) is 12.3 Å². The number of nitrogens with one attached hydrogen (secondary N) is 2. The van der Waals surface area contributed by atoms with Crippen LogP contribution in [0.1, 0.15) is 12.1 Å². The number of nitrogen functional groups attached to an aromatic ring is 1. The number of anilines is 4. The summed E-state index contributed by atoms with van der Waals surface area (Å²) in [6, 6.07) is 9.18. The summed E-state index contributed by atoms with van der Waals surface area (Å²) in [4.78, 5) is 37.6. The van der Waals surface area contributed by atoms with Crippen molar-refractivity contribution in [2.24, 2.45) is 0 Å². The number of benzene rings is 1. The van der Waals surface area contributed by atoms with Crippen molar-refractivity contribution in [1.29, 1.82) is 0 Å². The van der Waals surface area contributed by atoms with E-state index < -0.39 is 0 Å². The first-order valence-corrected chi connectivity index (χ1v) is 9.32. The van der Waals surface area contributed by atoms with E-state index in [1.165, 1.54) is 0 Å². The molecule has 2 heterocycles. The monoisotopic (exact) mass is 405 g/mol. The predicted molar refractivity (Wildman–Crippen MR) is 117 cm³/mol. The number of aryl methyl sites for hydroxylation is 1. The van der Waals surface area contributed by atoms with Gasteiger partial charge in [-0.05, 0) is 25.1 Å². The van der Waals surface area contributed by atoms with Crippen LogP contribution in [0.4, 0.5) is 22.9 Å². The zero-order valence-electron chi connectivity index (χ0n) is 16.8. The fraction of sp³-hybridized carbons (Fsp3) is 0.190. The van der Waals surface area contributed by atoms with Crippen molar-refractivity contribution in [3.63, 3.8) is 0 Å². The minimum Gasteiger partial charge on any atom is -0.382 e. The largest absolute Gasteiger partial charge is 0.382 e. The number of hydrogen-bond acceptors (Lipinski definition) is 7. The lowest BCUT2D eigenvalue weighted by Gasteiger charge is -2.21. The van der Waals surface area contributed by atoms with Crippen LogP contribution in [-0.4, -0.2) is 40.9 Å². The minimum absolute atomic E-state index is 0.127. The summed E-state index contributed by atoms with van der Waals surface area (Å²) in [5.74, 6) is 0.269. The van der Waals surface area contributed by atoms with E-state index in [-0.39, 0.29) is 12.3 Å². The highest BCUT2D eigenvalue weighted by Gasteiger charge is 2.11. The Bertz CT molecular complexity index is 1060. The molecular weight excluding hydrogens is 382 g/mol. The Hall–Kier alpha value is -4.01. The van der Waals surface area contributed by atoms with Gasteiger partial charge in [0.25, 0.3) is 0 Å². The highest BCUT2D eigenvalue weighted by Crippen LogP contribution is 2.24. The van der Waals surface area contributed by atoms with Crippen molar-refractivity contribution in [3.05, 3.63) is 54.6 Å². The van der Waals surface area contributed by atoms with Crippen molar-refractivity contribution in [2.45, 2.75) is 13.3 Å². The van der Waals surface area contributed by atoms with E-state index in [1.54, 1.807) is 31.6 Å². The molecule has 3 aromatic rings. The Morgan fingerprint density at radius 3 is 2.87 bits per heavy atom. The molecule has 0 aliphatic carbocycles. The molecule has 0 atom stereocenters. The number of aromatic nitrogens is 3. The number of nitrogens with zero attached hydrogens (tertiary/aromatic N) is 4. The fourth-order valence-electron chi connectivity index (χ4n) is 2.89. The number of pyridine rings is 1. The van der Waals surface area contributed by atoms with Crippen molar-refractivity contribution in [3.8, 4) is 11.3 Å². The first-order chi connectivity index (χ1) is 14.5. The molecule has 0 saturated carbocycles. The molecule has 30 heavy (non-hydrogen) atoms. The summed E-state index contributed by atoms with van der Waals surface area (Å²) in [6.07, 6.45) is 5.67. The number of hydrogen-bond donors (Lipinski definition) is 3. The zero-order valence-corrected chi connectivity index (χ0v) is 16.8. The Labute approximate surface area is 174 Å². The second kappa shape index (κ2) is 9.46. The molecule has 9 heteroatoms. The summed E-state index contributed by atoms with van der Waals surface area (Å²) in [7, 11) is 1.85. The molecule has 0 saturated heterocycles. The van der Waals surface area contributed by atoms with Gasteiger partial charge in [-0.3, -0.25) is 14.6 Å². The summed E-state index contributed by atoms with van der Waals surface area (Å²) in [5.41, 5.74) is 9.94. The van der Waals surface area contributed by atoms with Gasteiger partial charge in [-0.2, -0.15) is 0 Å².